The Hall–Kier alpha value is -1.79. The van der Waals surface area contributed by atoms with E-state index < -0.39 is 0 Å². The smallest absolute Gasteiger partial charge is 0.0773 e. The van der Waals surface area contributed by atoms with Crippen molar-refractivity contribution in [3.05, 3.63) is 41.7 Å². The van der Waals surface area contributed by atoms with Gasteiger partial charge in [0.25, 0.3) is 0 Å². The lowest BCUT2D eigenvalue weighted by atomic mass is 10.1. The quantitative estimate of drug-likeness (QED) is 0.625. The van der Waals surface area contributed by atoms with E-state index >= 15 is 0 Å². The summed E-state index contributed by atoms with van der Waals surface area (Å²) in [5.41, 5.74) is 5.48. The Balaban J connectivity index is 2.12. The molecule has 2 rings (SSSR count). The van der Waals surface area contributed by atoms with Gasteiger partial charge in [-0.1, -0.05) is 0 Å². The van der Waals surface area contributed by atoms with Gasteiger partial charge in [-0.25, -0.2) is 0 Å². The minimum Gasteiger partial charge on any atom is -0.271 e. The van der Waals surface area contributed by atoms with E-state index in [1.165, 1.54) is 0 Å². The monoisotopic (exact) mass is 260 g/mol. The SMILES string of the molecule is Cc1cnc(C(Cc2ccn(C(C)C)n2)NN)cn1. The van der Waals surface area contributed by atoms with Crippen LogP contribution in [0.3, 0.4) is 0 Å². The molecule has 1 atom stereocenters. The fourth-order valence-corrected chi connectivity index (χ4v) is 1.81. The predicted octanol–water partition coefficient (Wildman–Crippen LogP) is 1.31. The molecule has 3 N–H and O–H groups in total. The van der Waals surface area contributed by atoms with Crippen LogP contribution in [0.25, 0.3) is 0 Å². The van der Waals surface area contributed by atoms with E-state index in [1.807, 2.05) is 23.9 Å². The summed E-state index contributed by atoms with van der Waals surface area (Å²) in [6, 6.07) is 2.28. The molecule has 6 heteroatoms. The molecule has 0 aromatic carbocycles. The zero-order valence-corrected chi connectivity index (χ0v) is 11.5. The Labute approximate surface area is 113 Å². The van der Waals surface area contributed by atoms with Gasteiger partial charge in [-0.15, -0.1) is 0 Å². The summed E-state index contributed by atoms with van der Waals surface area (Å²) in [5.74, 6) is 5.60. The summed E-state index contributed by atoms with van der Waals surface area (Å²) in [6.07, 6.45) is 6.16. The lowest BCUT2D eigenvalue weighted by molar-refractivity contribution is 0.501. The number of hydrogen-bond acceptors (Lipinski definition) is 5. The average Bonchev–Trinajstić information content (AvgIpc) is 2.86. The van der Waals surface area contributed by atoms with E-state index in [4.69, 9.17) is 5.84 Å². The van der Waals surface area contributed by atoms with Gasteiger partial charge in [0.05, 0.1) is 29.3 Å². The average molecular weight is 260 g/mol. The van der Waals surface area contributed by atoms with Crippen LogP contribution in [-0.2, 0) is 6.42 Å². The number of aromatic nitrogens is 4. The van der Waals surface area contributed by atoms with Crippen LogP contribution >= 0.6 is 0 Å². The fraction of sp³-hybridized carbons (Fsp3) is 0.462. The number of aryl methyl sites for hydroxylation is 1. The Morgan fingerprint density at radius 2 is 2.11 bits per heavy atom. The molecule has 6 nitrogen and oxygen atoms in total. The zero-order chi connectivity index (χ0) is 13.8. The number of rotatable bonds is 5. The van der Waals surface area contributed by atoms with Gasteiger partial charge < -0.3 is 0 Å². The first-order valence-electron chi connectivity index (χ1n) is 6.39. The van der Waals surface area contributed by atoms with Crippen LogP contribution < -0.4 is 11.3 Å². The highest BCUT2D eigenvalue weighted by Gasteiger charge is 2.14. The third-order valence-corrected chi connectivity index (χ3v) is 2.97. The van der Waals surface area contributed by atoms with Gasteiger partial charge >= 0.3 is 0 Å². The molecule has 0 fully saturated rings. The minimum atomic E-state index is -0.0800. The second-order valence-electron chi connectivity index (χ2n) is 4.89. The first-order chi connectivity index (χ1) is 9.10. The summed E-state index contributed by atoms with van der Waals surface area (Å²) >= 11 is 0. The maximum absolute atomic E-state index is 5.60. The lowest BCUT2D eigenvalue weighted by Gasteiger charge is -2.13. The third-order valence-electron chi connectivity index (χ3n) is 2.97. The maximum Gasteiger partial charge on any atom is 0.0773 e. The second kappa shape index (κ2) is 5.90. The van der Waals surface area contributed by atoms with Crippen molar-refractivity contribution in [2.75, 3.05) is 0 Å². The predicted molar refractivity (Wildman–Crippen MR) is 73.1 cm³/mol. The van der Waals surface area contributed by atoms with Gasteiger partial charge in [-0.2, -0.15) is 5.10 Å². The van der Waals surface area contributed by atoms with Crippen molar-refractivity contribution in [1.82, 2.24) is 25.2 Å². The molecule has 0 spiro atoms. The number of hydrazine groups is 1. The van der Waals surface area contributed by atoms with Crippen LogP contribution in [0, 0.1) is 6.92 Å². The van der Waals surface area contributed by atoms with Crippen molar-refractivity contribution in [3.63, 3.8) is 0 Å². The van der Waals surface area contributed by atoms with Crippen molar-refractivity contribution in [3.8, 4) is 0 Å². The normalized spacial score (nSPS) is 12.9. The van der Waals surface area contributed by atoms with Gasteiger partial charge in [0, 0.05) is 24.9 Å². The Morgan fingerprint density at radius 3 is 2.63 bits per heavy atom. The largest absolute Gasteiger partial charge is 0.271 e. The summed E-state index contributed by atoms with van der Waals surface area (Å²) in [6.45, 7) is 6.10. The standard InChI is InChI=1S/C13H20N6/c1-9(2)19-5-4-11(18-19)6-12(17-14)13-8-15-10(3)7-16-13/h4-5,7-9,12,17H,6,14H2,1-3H3. The van der Waals surface area contributed by atoms with E-state index in [-0.39, 0.29) is 6.04 Å². The maximum atomic E-state index is 5.60. The Kier molecular flexibility index (Phi) is 4.24. The van der Waals surface area contributed by atoms with E-state index in [1.54, 1.807) is 12.4 Å². The Morgan fingerprint density at radius 1 is 1.32 bits per heavy atom. The highest BCUT2D eigenvalue weighted by molar-refractivity contribution is 5.11. The van der Waals surface area contributed by atoms with Gasteiger partial charge in [-0.3, -0.25) is 25.9 Å². The van der Waals surface area contributed by atoms with E-state index in [9.17, 15) is 0 Å². The second-order valence-corrected chi connectivity index (χ2v) is 4.89. The van der Waals surface area contributed by atoms with E-state index in [0.717, 1.165) is 17.1 Å². The number of nitrogens with one attached hydrogen (secondary N) is 1. The number of nitrogens with zero attached hydrogens (tertiary/aromatic N) is 4. The molecule has 2 aromatic rings. The fourth-order valence-electron chi connectivity index (χ4n) is 1.81. The lowest BCUT2D eigenvalue weighted by Crippen LogP contribution is -2.30. The van der Waals surface area contributed by atoms with Crippen molar-refractivity contribution < 1.29 is 0 Å². The first-order valence-corrected chi connectivity index (χ1v) is 6.39. The molecule has 2 heterocycles. The highest BCUT2D eigenvalue weighted by Crippen LogP contribution is 2.15. The molecule has 19 heavy (non-hydrogen) atoms. The molecular weight excluding hydrogens is 240 g/mol. The highest BCUT2D eigenvalue weighted by atomic mass is 15.3. The van der Waals surface area contributed by atoms with Gasteiger partial charge in [0.2, 0.25) is 0 Å². The van der Waals surface area contributed by atoms with Crippen LogP contribution in [-0.4, -0.2) is 19.7 Å². The van der Waals surface area contributed by atoms with Gasteiger partial charge in [0.15, 0.2) is 0 Å². The summed E-state index contributed by atoms with van der Waals surface area (Å²) in [7, 11) is 0. The third kappa shape index (κ3) is 3.36. The molecular formula is C13H20N6. The molecule has 0 saturated heterocycles. The molecule has 0 aliphatic carbocycles. The van der Waals surface area contributed by atoms with Gasteiger partial charge in [0.1, 0.15) is 0 Å². The number of hydrogen-bond donors (Lipinski definition) is 2. The summed E-state index contributed by atoms with van der Waals surface area (Å²) < 4.78 is 1.93. The van der Waals surface area contributed by atoms with Crippen molar-refractivity contribution in [1.29, 1.82) is 0 Å². The van der Waals surface area contributed by atoms with Crippen LogP contribution in [0.2, 0.25) is 0 Å². The van der Waals surface area contributed by atoms with Crippen LogP contribution in [0.5, 0.6) is 0 Å². The van der Waals surface area contributed by atoms with Crippen molar-refractivity contribution in [2.24, 2.45) is 5.84 Å². The van der Waals surface area contributed by atoms with Crippen LogP contribution in [0.1, 0.15) is 43.0 Å². The molecule has 0 amide bonds. The van der Waals surface area contributed by atoms with Crippen LogP contribution in [0.15, 0.2) is 24.7 Å². The molecule has 0 aliphatic heterocycles. The van der Waals surface area contributed by atoms with E-state index in [0.29, 0.717) is 12.5 Å². The topological polar surface area (TPSA) is 81.7 Å². The molecule has 0 saturated carbocycles. The molecule has 0 aliphatic rings. The summed E-state index contributed by atoms with van der Waals surface area (Å²) in [5, 5.41) is 4.51. The first kappa shape index (κ1) is 13.6. The molecule has 2 aromatic heterocycles. The van der Waals surface area contributed by atoms with Crippen molar-refractivity contribution in [2.45, 2.75) is 39.3 Å². The summed E-state index contributed by atoms with van der Waals surface area (Å²) in [4.78, 5) is 8.59. The van der Waals surface area contributed by atoms with Crippen molar-refractivity contribution >= 4 is 0 Å². The Bertz CT molecular complexity index is 516. The molecule has 102 valence electrons. The van der Waals surface area contributed by atoms with Crippen LogP contribution in [0.4, 0.5) is 0 Å². The minimum absolute atomic E-state index is 0.0800. The molecule has 0 radical (unpaired) electrons. The van der Waals surface area contributed by atoms with E-state index in [2.05, 4.69) is 34.3 Å². The molecule has 0 bridgehead atoms. The van der Waals surface area contributed by atoms with Gasteiger partial charge in [-0.05, 0) is 26.8 Å². The number of nitrogens with two attached hydrogens (primary N) is 1. The molecule has 1 unspecified atom stereocenters. The zero-order valence-electron chi connectivity index (χ0n) is 11.5.